The topological polar surface area (TPSA) is 136 Å². The zero-order valence-corrected chi connectivity index (χ0v) is 22.7. The number of hydrogen-bond acceptors (Lipinski definition) is 7. The van der Waals surface area contributed by atoms with Gasteiger partial charge < -0.3 is 29.8 Å². The molecule has 0 spiro atoms. The Morgan fingerprint density at radius 3 is 2.44 bits per heavy atom. The number of ether oxygens (including phenoxy) is 2. The van der Waals surface area contributed by atoms with Gasteiger partial charge >= 0.3 is 17.8 Å². The molecule has 10 heteroatoms. The van der Waals surface area contributed by atoms with Crippen molar-refractivity contribution in [1.82, 2.24) is 10.6 Å². The summed E-state index contributed by atoms with van der Waals surface area (Å²) in [6.07, 6.45) is 0.135. The zero-order valence-electron chi connectivity index (χ0n) is 22.7. The molecule has 0 bridgehead atoms. The van der Waals surface area contributed by atoms with Crippen molar-refractivity contribution < 1.29 is 28.3 Å². The van der Waals surface area contributed by atoms with Crippen molar-refractivity contribution in [3.8, 4) is 0 Å². The number of benzene rings is 2. The van der Waals surface area contributed by atoms with Gasteiger partial charge in [-0.3, -0.25) is 4.79 Å². The molecule has 1 aromatic heterocycles. The Morgan fingerprint density at radius 1 is 0.974 bits per heavy atom. The van der Waals surface area contributed by atoms with Crippen LogP contribution in [0.5, 0.6) is 0 Å². The van der Waals surface area contributed by atoms with Crippen LogP contribution in [0.1, 0.15) is 51.2 Å². The van der Waals surface area contributed by atoms with Gasteiger partial charge in [0.25, 0.3) is 0 Å². The first-order valence-corrected chi connectivity index (χ1v) is 12.8. The second-order valence-corrected chi connectivity index (χ2v) is 10.1. The van der Waals surface area contributed by atoms with E-state index in [-0.39, 0.29) is 6.61 Å². The molecule has 3 N–H and O–H groups in total. The summed E-state index contributed by atoms with van der Waals surface area (Å²) in [5, 5.41) is 8.84. The van der Waals surface area contributed by atoms with Crippen LogP contribution in [0.4, 0.5) is 15.3 Å². The van der Waals surface area contributed by atoms with Gasteiger partial charge in [-0.15, -0.1) is 0 Å². The van der Waals surface area contributed by atoms with Crippen LogP contribution in [-0.2, 0) is 20.9 Å². The summed E-state index contributed by atoms with van der Waals surface area (Å²) in [4.78, 5) is 49.2. The third kappa shape index (κ3) is 9.81. The number of alkyl carbamates (subject to hydrolysis) is 2. The van der Waals surface area contributed by atoms with Crippen molar-refractivity contribution in [2.45, 2.75) is 65.2 Å². The molecule has 0 unspecified atom stereocenters. The van der Waals surface area contributed by atoms with E-state index in [1.807, 2.05) is 30.3 Å². The van der Waals surface area contributed by atoms with Gasteiger partial charge in [-0.05, 0) is 70.2 Å². The fourth-order valence-electron chi connectivity index (χ4n) is 3.79. The largest absolute Gasteiger partial charge is 0.445 e. The van der Waals surface area contributed by atoms with Gasteiger partial charge in [-0.25, -0.2) is 14.4 Å². The van der Waals surface area contributed by atoms with E-state index in [4.69, 9.17) is 13.9 Å². The maximum atomic E-state index is 13.1. The van der Waals surface area contributed by atoms with Crippen molar-refractivity contribution in [3.05, 3.63) is 76.1 Å². The Kier molecular flexibility index (Phi) is 10.1. The number of carbonyl (C=O) groups is 3. The fourth-order valence-corrected chi connectivity index (χ4v) is 3.79. The Hall–Kier alpha value is -4.34. The average Bonchev–Trinajstić information content (AvgIpc) is 2.85. The van der Waals surface area contributed by atoms with E-state index in [1.165, 1.54) is 6.07 Å². The van der Waals surface area contributed by atoms with Crippen LogP contribution in [0.2, 0.25) is 0 Å². The Bertz CT molecular complexity index is 1350. The van der Waals surface area contributed by atoms with E-state index in [2.05, 4.69) is 16.0 Å². The predicted molar refractivity (Wildman–Crippen MR) is 147 cm³/mol. The highest BCUT2D eigenvalue weighted by molar-refractivity contribution is 5.98. The van der Waals surface area contributed by atoms with Crippen molar-refractivity contribution in [2.24, 2.45) is 0 Å². The Morgan fingerprint density at radius 2 is 1.72 bits per heavy atom. The first-order chi connectivity index (χ1) is 18.5. The van der Waals surface area contributed by atoms with Crippen LogP contribution in [0.25, 0.3) is 11.0 Å². The summed E-state index contributed by atoms with van der Waals surface area (Å²) in [6, 6.07) is 14.9. The fraction of sp³-hybridized carbons (Fsp3) is 0.379. The summed E-state index contributed by atoms with van der Waals surface area (Å²) in [5.41, 5.74) is 1.20. The van der Waals surface area contributed by atoms with Gasteiger partial charge in [0.15, 0.2) is 0 Å². The van der Waals surface area contributed by atoms with Gasteiger partial charge in [0.2, 0.25) is 5.91 Å². The molecule has 1 heterocycles. The van der Waals surface area contributed by atoms with Crippen molar-refractivity contribution in [3.63, 3.8) is 0 Å². The van der Waals surface area contributed by atoms with Crippen LogP contribution < -0.4 is 21.6 Å². The standard InChI is InChI=1S/C29H35N3O7/c1-19-16-25(33)38-24-17-21(13-14-22(19)24)31-26(34)23(32-28(36)39-29(2,3)4)12-8-9-15-30-27(35)37-18-20-10-6-5-7-11-20/h5-7,10-11,13-14,16-17,23H,8-9,12,15,18H2,1-4H3,(H,30,35)(H,31,34)(H,32,36)/t23-/m1/s1. The van der Waals surface area contributed by atoms with Gasteiger partial charge in [-0.1, -0.05) is 30.3 Å². The van der Waals surface area contributed by atoms with Crippen molar-refractivity contribution in [2.75, 3.05) is 11.9 Å². The number of hydrogen-bond donors (Lipinski definition) is 3. The number of rotatable bonds is 10. The minimum atomic E-state index is -0.898. The number of fused-ring (bicyclic) bond motifs is 1. The Labute approximate surface area is 227 Å². The molecular formula is C29H35N3O7. The van der Waals surface area contributed by atoms with Gasteiger partial charge in [0.1, 0.15) is 23.8 Å². The number of aryl methyl sites for hydroxylation is 1. The molecule has 3 amide bonds. The SMILES string of the molecule is Cc1cc(=O)oc2cc(NC(=O)[C@@H](CCCCNC(=O)OCc3ccccc3)NC(=O)OC(C)(C)C)ccc12. The van der Waals surface area contributed by atoms with Crippen molar-refractivity contribution in [1.29, 1.82) is 0 Å². The molecule has 2 aromatic carbocycles. The lowest BCUT2D eigenvalue weighted by molar-refractivity contribution is -0.118. The first kappa shape index (κ1) is 29.2. The minimum absolute atomic E-state index is 0.173. The molecule has 0 fully saturated rings. The van der Waals surface area contributed by atoms with E-state index in [0.29, 0.717) is 37.1 Å². The van der Waals surface area contributed by atoms with E-state index in [9.17, 15) is 19.2 Å². The molecule has 1 atom stereocenters. The zero-order chi connectivity index (χ0) is 28.4. The van der Waals surface area contributed by atoms with E-state index >= 15 is 0 Å². The summed E-state index contributed by atoms with van der Waals surface area (Å²) in [7, 11) is 0. The quantitative estimate of drug-likeness (QED) is 0.244. The highest BCUT2D eigenvalue weighted by Crippen LogP contribution is 2.21. The molecule has 0 radical (unpaired) electrons. The second-order valence-electron chi connectivity index (χ2n) is 10.1. The lowest BCUT2D eigenvalue weighted by atomic mass is 10.1. The molecule has 3 aromatic rings. The van der Waals surface area contributed by atoms with E-state index in [0.717, 1.165) is 16.5 Å². The van der Waals surface area contributed by atoms with Crippen LogP contribution in [0.15, 0.2) is 63.8 Å². The molecule has 10 nitrogen and oxygen atoms in total. The second kappa shape index (κ2) is 13.5. The third-order valence-electron chi connectivity index (χ3n) is 5.63. The molecule has 3 rings (SSSR count). The maximum Gasteiger partial charge on any atom is 0.408 e. The number of nitrogens with one attached hydrogen (secondary N) is 3. The number of unbranched alkanes of at least 4 members (excludes halogenated alkanes) is 1. The monoisotopic (exact) mass is 537 g/mol. The Balaban J connectivity index is 1.55. The predicted octanol–water partition coefficient (Wildman–Crippen LogP) is 5.03. The molecule has 0 aliphatic rings. The van der Waals surface area contributed by atoms with E-state index in [1.54, 1.807) is 45.9 Å². The molecule has 0 aliphatic heterocycles. The molecule has 39 heavy (non-hydrogen) atoms. The first-order valence-electron chi connectivity index (χ1n) is 12.8. The number of anilines is 1. The minimum Gasteiger partial charge on any atom is -0.445 e. The maximum absolute atomic E-state index is 13.1. The lowest BCUT2D eigenvalue weighted by Gasteiger charge is -2.23. The van der Waals surface area contributed by atoms with E-state index < -0.39 is 35.4 Å². The highest BCUT2D eigenvalue weighted by Gasteiger charge is 2.24. The lowest BCUT2D eigenvalue weighted by Crippen LogP contribution is -2.45. The third-order valence-corrected chi connectivity index (χ3v) is 5.63. The average molecular weight is 538 g/mol. The van der Waals surface area contributed by atoms with Gasteiger partial charge in [0.05, 0.1) is 0 Å². The van der Waals surface area contributed by atoms with Gasteiger partial charge in [0, 0.05) is 29.8 Å². The van der Waals surface area contributed by atoms with Crippen LogP contribution >= 0.6 is 0 Å². The summed E-state index contributed by atoms with van der Waals surface area (Å²) in [5.74, 6) is -0.453. The molecule has 0 aliphatic carbocycles. The highest BCUT2D eigenvalue weighted by atomic mass is 16.6. The van der Waals surface area contributed by atoms with Crippen LogP contribution in [-0.4, -0.2) is 36.3 Å². The number of amides is 3. The number of carbonyl (C=O) groups excluding carboxylic acids is 3. The normalized spacial score (nSPS) is 11.9. The summed E-state index contributed by atoms with van der Waals surface area (Å²) >= 11 is 0. The molecule has 0 saturated carbocycles. The summed E-state index contributed by atoms with van der Waals surface area (Å²) < 4.78 is 15.8. The smallest absolute Gasteiger partial charge is 0.408 e. The molecule has 208 valence electrons. The summed E-state index contributed by atoms with van der Waals surface area (Å²) in [6.45, 7) is 7.51. The molecular weight excluding hydrogens is 502 g/mol. The van der Waals surface area contributed by atoms with Crippen LogP contribution in [0.3, 0.4) is 0 Å². The molecule has 0 saturated heterocycles. The van der Waals surface area contributed by atoms with Crippen LogP contribution in [0, 0.1) is 6.92 Å². The van der Waals surface area contributed by atoms with Gasteiger partial charge in [-0.2, -0.15) is 0 Å². The van der Waals surface area contributed by atoms with Crippen molar-refractivity contribution >= 4 is 34.8 Å².